The fourth-order valence-corrected chi connectivity index (χ4v) is 4.69. The van der Waals surface area contributed by atoms with Gasteiger partial charge in [-0.1, -0.05) is 31.7 Å². The number of hydrogen-bond donors (Lipinski definition) is 1. The predicted octanol–water partition coefficient (Wildman–Crippen LogP) is 4.39. The highest BCUT2D eigenvalue weighted by atomic mass is 32.1. The van der Waals surface area contributed by atoms with E-state index in [0.29, 0.717) is 5.92 Å². The first-order chi connectivity index (χ1) is 8.34. The van der Waals surface area contributed by atoms with Gasteiger partial charge in [-0.15, -0.1) is 11.3 Å². The molecule has 2 saturated carbocycles. The minimum Gasteiger partial charge on any atom is -0.387 e. The lowest BCUT2D eigenvalue weighted by Crippen LogP contribution is -2.30. The van der Waals surface area contributed by atoms with Gasteiger partial charge < -0.3 is 5.11 Å². The topological polar surface area (TPSA) is 20.2 Å². The fraction of sp³-hybridized carbons (Fsp3) is 0.733. The lowest BCUT2D eigenvalue weighted by Gasteiger charge is -2.40. The number of fused-ring (bicyclic) bond motifs is 1. The van der Waals surface area contributed by atoms with Gasteiger partial charge >= 0.3 is 0 Å². The molecule has 1 aromatic heterocycles. The third-order valence-electron chi connectivity index (χ3n) is 4.86. The Morgan fingerprint density at radius 2 is 1.94 bits per heavy atom. The van der Waals surface area contributed by atoms with E-state index in [1.54, 1.807) is 11.3 Å². The van der Waals surface area contributed by atoms with Crippen LogP contribution in [0.15, 0.2) is 17.5 Å². The summed E-state index contributed by atoms with van der Waals surface area (Å²) in [5, 5.41) is 12.5. The number of hydrogen-bond acceptors (Lipinski definition) is 2. The average molecular weight is 250 g/mol. The van der Waals surface area contributed by atoms with Crippen LogP contribution in [0.1, 0.15) is 55.9 Å². The second-order valence-corrected chi connectivity index (χ2v) is 6.82. The minimum absolute atomic E-state index is 0.196. The second-order valence-electron chi connectivity index (χ2n) is 5.84. The maximum absolute atomic E-state index is 10.4. The summed E-state index contributed by atoms with van der Waals surface area (Å²) in [4.78, 5) is 1.17. The first-order valence-corrected chi connectivity index (χ1v) is 7.94. The molecule has 0 spiro atoms. The Kier molecular flexibility index (Phi) is 3.53. The normalized spacial score (nSPS) is 35.2. The molecule has 2 aliphatic rings. The van der Waals surface area contributed by atoms with Gasteiger partial charge in [0.05, 0.1) is 6.10 Å². The first-order valence-electron chi connectivity index (χ1n) is 7.06. The summed E-state index contributed by atoms with van der Waals surface area (Å²) >= 11 is 1.70. The smallest absolute Gasteiger partial charge is 0.0910 e. The maximum Gasteiger partial charge on any atom is 0.0910 e. The molecule has 3 rings (SSSR count). The van der Waals surface area contributed by atoms with Crippen molar-refractivity contribution in [2.24, 2.45) is 17.8 Å². The van der Waals surface area contributed by atoms with Gasteiger partial charge in [0.25, 0.3) is 0 Å². The molecule has 1 aromatic rings. The van der Waals surface area contributed by atoms with Crippen molar-refractivity contribution < 1.29 is 5.11 Å². The zero-order valence-corrected chi connectivity index (χ0v) is 11.2. The zero-order valence-electron chi connectivity index (χ0n) is 10.3. The van der Waals surface area contributed by atoms with E-state index in [0.717, 1.165) is 11.8 Å². The van der Waals surface area contributed by atoms with Crippen LogP contribution in [0, 0.1) is 17.8 Å². The van der Waals surface area contributed by atoms with Crippen molar-refractivity contribution in [3.63, 3.8) is 0 Å². The van der Waals surface area contributed by atoms with Crippen LogP contribution in [0.25, 0.3) is 0 Å². The fourth-order valence-electron chi connectivity index (χ4n) is 3.89. The molecule has 1 N–H and O–H groups in total. The number of thiophene rings is 1. The van der Waals surface area contributed by atoms with Crippen LogP contribution in [0.3, 0.4) is 0 Å². The highest BCUT2D eigenvalue weighted by Crippen LogP contribution is 2.46. The molecule has 2 fully saturated rings. The van der Waals surface area contributed by atoms with Crippen molar-refractivity contribution in [3.8, 4) is 0 Å². The van der Waals surface area contributed by atoms with Gasteiger partial charge in [-0.05, 0) is 48.5 Å². The maximum atomic E-state index is 10.4. The predicted molar refractivity (Wildman–Crippen MR) is 72.1 cm³/mol. The molecule has 0 aliphatic heterocycles. The van der Waals surface area contributed by atoms with E-state index < -0.39 is 0 Å². The Balaban J connectivity index is 1.65. The summed E-state index contributed by atoms with van der Waals surface area (Å²) in [5.41, 5.74) is 0. The molecule has 17 heavy (non-hydrogen) atoms. The lowest BCUT2D eigenvalue weighted by molar-refractivity contribution is 0.0368. The van der Waals surface area contributed by atoms with Crippen LogP contribution in [0.5, 0.6) is 0 Å². The molecular formula is C15H22OS. The van der Waals surface area contributed by atoms with Gasteiger partial charge in [-0.25, -0.2) is 0 Å². The number of aliphatic hydroxyl groups excluding tert-OH is 1. The molecule has 0 saturated heterocycles. The van der Waals surface area contributed by atoms with Crippen molar-refractivity contribution >= 4 is 11.3 Å². The molecule has 94 valence electrons. The van der Waals surface area contributed by atoms with Crippen LogP contribution < -0.4 is 0 Å². The Morgan fingerprint density at radius 1 is 1.12 bits per heavy atom. The van der Waals surface area contributed by atoms with Crippen molar-refractivity contribution in [1.29, 1.82) is 0 Å². The van der Waals surface area contributed by atoms with Crippen molar-refractivity contribution in [3.05, 3.63) is 22.4 Å². The van der Waals surface area contributed by atoms with E-state index in [-0.39, 0.29) is 6.10 Å². The highest BCUT2D eigenvalue weighted by Gasteiger charge is 2.35. The van der Waals surface area contributed by atoms with E-state index in [9.17, 15) is 5.11 Å². The van der Waals surface area contributed by atoms with E-state index in [4.69, 9.17) is 0 Å². The quantitative estimate of drug-likeness (QED) is 0.825. The molecule has 1 nitrogen and oxygen atoms in total. The van der Waals surface area contributed by atoms with Crippen LogP contribution in [-0.2, 0) is 0 Å². The molecule has 0 amide bonds. The molecule has 0 bridgehead atoms. The van der Waals surface area contributed by atoms with Gasteiger partial charge in [-0.2, -0.15) is 0 Å². The van der Waals surface area contributed by atoms with Gasteiger partial charge in [0, 0.05) is 4.88 Å². The Labute approximate surface area is 108 Å². The van der Waals surface area contributed by atoms with Crippen LogP contribution in [-0.4, -0.2) is 5.11 Å². The van der Waals surface area contributed by atoms with Crippen LogP contribution in [0.4, 0.5) is 0 Å². The molecule has 2 heteroatoms. The molecule has 0 radical (unpaired) electrons. The number of rotatable bonds is 2. The molecule has 4 unspecified atom stereocenters. The van der Waals surface area contributed by atoms with E-state index in [2.05, 4.69) is 17.5 Å². The summed E-state index contributed by atoms with van der Waals surface area (Å²) in [6.07, 6.45) is 9.40. The van der Waals surface area contributed by atoms with Gasteiger partial charge in [0.2, 0.25) is 0 Å². The van der Waals surface area contributed by atoms with E-state index >= 15 is 0 Å². The summed E-state index contributed by atoms with van der Waals surface area (Å²) in [6.45, 7) is 0. The summed E-state index contributed by atoms with van der Waals surface area (Å²) in [6, 6.07) is 4.14. The Morgan fingerprint density at radius 3 is 2.71 bits per heavy atom. The Hall–Kier alpha value is -0.340. The van der Waals surface area contributed by atoms with Crippen LogP contribution in [0.2, 0.25) is 0 Å². The summed E-state index contributed by atoms with van der Waals surface area (Å²) in [5.74, 6) is 2.42. The third-order valence-corrected chi connectivity index (χ3v) is 5.80. The molecule has 1 heterocycles. The van der Waals surface area contributed by atoms with Crippen molar-refractivity contribution in [1.82, 2.24) is 0 Å². The first kappa shape index (κ1) is 11.7. The summed E-state index contributed by atoms with van der Waals surface area (Å²) < 4.78 is 0. The monoisotopic (exact) mass is 250 g/mol. The standard InChI is InChI=1S/C15H22OS/c16-15(14-6-3-9-17-14)13-8-7-11-4-1-2-5-12(11)10-13/h3,6,9,11-13,15-16H,1-2,4-5,7-8,10H2. The second kappa shape index (κ2) is 5.11. The highest BCUT2D eigenvalue weighted by molar-refractivity contribution is 7.10. The minimum atomic E-state index is -0.196. The van der Waals surface area contributed by atoms with Gasteiger partial charge in [0.15, 0.2) is 0 Å². The zero-order chi connectivity index (χ0) is 11.7. The van der Waals surface area contributed by atoms with Crippen LogP contribution >= 0.6 is 11.3 Å². The molecular weight excluding hydrogens is 228 g/mol. The number of aliphatic hydroxyl groups is 1. The largest absolute Gasteiger partial charge is 0.387 e. The SMILES string of the molecule is OC(c1cccs1)C1CCC2CCCCC2C1. The van der Waals surface area contributed by atoms with Crippen molar-refractivity contribution in [2.45, 2.75) is 51.0 Å². The lowest BCUT2D eigenvalue weighted by atomic mass is 9.66. The van der Waals surface area contributed by atoms with E-state index in [1.165, 1.54) is 49.8 Å². The summed E-state index contributed by atoms with van der Waals surface area (Å²) in [7, 11) is 0. The van der Waals surface area contributed by atoms with Crippen molar-refractivity contribution in [2.75, 3.05) is 0 Å². The molecule has 4 atom stereocenters. The molecule has 0 aromatic carbocycles. The third kappa shape index (κ3) is 2.43. The van der Waals surface area contributed by atoms with Gasteiger partial charge in [0.1, 0.15) is 0 Å². The Bertz CT molecular complexity index is 346. The average Bonchev–Trinajstić information content (AvgIpc) is 2.91. The molecule has 2 aliphatic carbocycles. The van der Waals surface area contributed by atoms with E-state index in [1.807, 2.05) is 0 Å². The van der Waals surface area contributed by atoms with Gasteiger partial charge in [-0.3, -0.25) is 0 Å².